The zero-order chi connectivity index (χ0) is 9.90. The first-order valence-corrected chi connectivity index (χ1v) is 3.98. The highest BCUT2D eigenvalue weighted by Crippen LogP contribution is 2.22. The van der Waals surface area contributed by atoms with Crippen LogP contribution in [0.25, 0.3) is 0 Å². The number of ether oxygens (including phenoxy) is 3. The first-order chi connectivity index (χ1) is 6.16. The molecule has 13 heavy (non-hydrogen) atoms. The van der Waals surface area contributed by atoms with Crippen LogP contribution in [0.5, 0.6) is 0 Å². The highest BCUT2D eigenvalue weighted by Gasteiger charge is 2.34. The standard InChI is InChI=1S/C9H15NO3/c1-11-7-4-5-9(10,13-3)8(6-7)12-2/h4-6,8H,10H2,1-3H3. The molecule has 1 aliphatic carbocycles. The zero-order valence-electron chi connectivity index (χ0n) is 8.11. The van der Waals surface area contributed by atoms with Crippen LogP contribution >= 0.6 is 0 Å². The van der Waals surface area contributed by atoms with Crippen LogP contribution in [0.3, 0.4) is 0 Å². The normalized spacial score (nSPS) is 32.9. The minimum atomic E-state index is -0.892. The number of methoxy groups -OCH3 is 3. The maximum atomic E-state index is 5.90. The van der Waals surface area contributed by atoms with Gasteiger partial charge in [-0.1, -0.05) is 0 Å². The van der Waals surface area contributed by atoms with E-state index in [1.165, 1.54) is 0 Å². The van der Waals surface area contributed by atoms with Crippen molar-refractivity contribution >= 4 is 0 Å². The summed E-state index contributed by atoms with van der Waals surface area (Å²) in [7, 11) is 4.72. The Hall–Kier alpha value is -0.840. The summed E-state index contributed by atoms with van der Waals surface area (Å²) in [5.41, 5.74) is 5.00. The molecule has 0 aromatic rings. The van der Waals surface area contributed by atoms with Gasteiger partial charge in [-0.15, -0.1) is 0 Å². The highest BCUT2D eigenvalue weighted by atomic mass is 16.5. The second kappa shape index (κ2) is 3.91. The molecule has 0 saturated heterocycles. The Morgan fingerprint density at radius 2 is 2.08 bits per heavy atom. The third-order valence-electron chi connectivity index (χ3n) is 2.11. The molecule has 0 aromatic heterocycles. The third-order valence-corrected chi connectivity index (χ3v) is 2.11. The lowest BCUT2D eigenvalue weighted by Gasteiger charge is -2.33. The molecule has 0 aliphatic heterocycles. The molecule has 0 bridgehead atoms. The van der Waals surface area contributed by atoms with E-state index in [1.54, 1.807) is 39.6 Å². The molecule has 1 rings (SSSR count). The fraction of sp³-hybridized carbons (Fsp3) is 0.556. The molecule has 0 heterocycles. The van der Waals surface area contributed by atoms with E-state index in [4.69, 9.17) is 19.9 Å². The Balaban J connectivity index is 2.85. The molecule has 0 radical (unpaired) electrons. The van der Waals surface area contributed by atoms with E-state index in [-0.39, 0.29) is 6.10 Å². The molecular weight excluding hydrogens is 170 g/mol. The molecule has 2 atom stereocenters. The molecular formula is C9H15NO3. The average Bonchev–Trinajstić information content (AvgIpc) is 2.18. The van der Waals surface area contributed by atoms with E-state index in [9.17, 15) is 0 Å². The van der Waals surface area contributed by atoms with Gasteiger partial charge < -0.3 is 14.2 Å². The van der Waals surface area contributed by atoms with Crippen LogP contribution in [0.1, 0.15) is 0 Å². The summed E-state index contributed by atoms with van der Waals surface area (Å²) in [6.45, 7) is 0. The minimum absolute atomic E-state index is 0.322. The van der Waals surface area contributed by atoms with E-state index in [2.05, 4.69) is 0 Å². The van der Waals surface area contributed by atoms with Gasteiger partial charge in [0.05, 0.1) is 7.11 Å². The predicted molar refractivity (Wildman–Crippen MR) is 49.0 cm³/mol. The second-order valence-electron chi connectivity index (χ2n) is 2.82. The van der Waals surface area contributed by atoms with E-state index in [0.29, 0.717) is 0 Å². The Morgan fingerprint density at radius 1 is 1.38 bits per heavy atom. The number of hydrogen-bond donors (Lipinski definition) is 1. The van der Waals surface area contributed by atoms with Gasteiger partial charge in [0.2, 0.25) is 0 Å². The molecule has 0 spiro atoms. The van der Waals surface area contributed by atoms with Crippen molar-refractivity contribution in [1.29, 1.82) is 0 Å². The van der Waals surface area contributed by atoms with Gasteiger partial charge in [-0.2, -0.15) is 0 Å². The van der Waals surface area contributed by atoms with Crippen molar-refractivity contribution in [3.63, 3.8) is 0 Å². The summed E-state index contributed by atoms with van der Waals surface area (Å²) < 4.78 is 15.4. The maximum Gasteiger partial charge on any atom is 0.166 e. The lowest BCUT2D eigenvalue weighted by atomic mass is 10.0. The number of hydrogen-bond acceptors (Lipinski definition) is 4. The summed E-state index contributed by atoms with van der Waals surface area (Å²) in [6, 6.07) is 0. The number of nitrogens with two attached hydrogens (primary N) is 1. The lowest BCUT2D eigenvalue weighted by Crippen LogP contribution is -2.52. The highest BCUT2D eigenvalue weighted by molar-refractivity contribution is 5.26. The summed E-state index contributed by atoms with van der Waals surface area (Å²) in [4.78, 5) is 0. The summed E-state index contributed by atoms with van der Waals surface area (Å²) in [5.74, 6) is 0.727. The second-order valence-corrected chi connectivity index (χ2v) is 2.82. The molecule has 2 N–H and O–H groups in total. The molecule has 4 nitrogen and oxygen atoms in total. The number of rotatable bonds is 3. The van der Waals surface area contributed by atoms with Gasteiger partial charge in [-0.25, -0.2) is 0 Å². The average molecular weight is 185 g/mol. The molecule has 0 saturated carbocycles. The van der Waals surface area contributed by atoms with Crippen LogP contribution in [0.2, 0.25) is 0 Å². The SMILES string of the molecule is COC1=CC(OC)C(N)(OC)C=C1. The van der Waals surface area contributed by atoms with Gasteiger partial charge >= 0.3 is 0 Å². The van der Waals surface area contributed by atoms with Gasteiger partial charge in [-0.05, 0) is 18.2 Å². The van der Waals surface area contributed by atoms with Crippen molar-refractivity contribution in [3.05, 3.63) is 24.0 Å². The van der Waals surface area contributed by atoms with Crippen molar-refractivity contribution in [3.8, 4) is 0 Å². The quantitative estimate of drug-likeness (QED) is 0.647. The van der Waals surface area contributed by atoms with E-state index in [1.807, 2.05) is 0 Å². The van der Waals surface area contributed by atoms with Crippen LogP contribution in [-0.2, 0) is 14.2 Å². The van der Waals surface area contributed by atoms with Crippen molar-refractivity contribution in [2.75, 3.05) is 21.3 Å². The molecule has 2 unspecified atom stereocenters. The summed E-state index contributed by atoms with van der Waals surface area (Å²) in [6.07, 6.45) is 4.94. The van der Waals surface area contributed by atoms with Crippen molar-refractivity contribution in [2.24, 2.45) is 5.73 Å². The zero-order valence-corrected chi connectivity index (χ0v) is 8.11. The third kappa shape index (κ3) is 1.91. The molecule has 74 valence electrons. The van der Waals surface area contributed by atoms with Gasteiger partial charge in [-0.3, -0.25) is 5.73 Å². The Labute approximate surface area is 78.0 Å². The first kappa shape index (κ1) is 10.2. The summed E-state index contributed by atoms with van der Waals surface area (Å²) in [5, 5.41) is 0. The largest absolute Gasteiger partial charge is 0.497 e. The maximum absolute atomic E-state index is 5.90. The van der Waals surface area contributed by atoms with Crippen molar-refractivity contribution in [1.82, 2.24) is 0 Å². The van der Waals surface area contributed by atoms with Crippen LogP contribution in [-0.4, -0.2) is 33.2 Å². The molecule has 4 heteroatoms. The number of allylic oxidation sites excluding steroid dienone is 1. The Kier molecular flexibility index (Phi) is 3.08. The van der Waals surface area contributed by atoms with Gasteiger partial charge in [0.15, 0.2) is 5.72 Å². The Bertz CT molecular complexity index is 237. The Morgan fingerprint density at radius 3 is 2.54 bits per heavy atom. The van der Waals surface area contributed by atoms with Gasteiger partial charge in [0, 0.05) is 14.2 Å². The minimum Gasteiger partial charge on any atom is -0.497 e. The molecule has 0 aromatic carbocycles. The fourth-order valence-electron chi connectivity index (χ4n) is 1.21. The van der Waals surface area contributed by atoms with Crippen LogP contribution in [0.4, 0.5) is 0 Å². The molecule has 0 fully saturated rings. The van der Waals surface area contributed by atoms with E-state index >= 15 is 0 Å². The van der Waals surface area contributed by atoms with Gasteiger partial charge in [0.25, 0.3) is 0 Å². The monoisotopic (exact) mass is 185 g/mol. The first-order valence-electron chi connectivity index (χ1n) is 3.98. The van der Waals surface area contributed by atoms with Crippen LogP contribution in [0.15, 0.2) is 24.0 Å². The van der Waals surface area contributed by atoms with Crippen molar-refractivity contribution < 1.29 is 14.2 Å². The van der Waals surface area contributed by atoms with Crippen LogP contribution in [0, 0.1) is 0 Å². The fourth-order valence-corrected chi connectivity index (χ4v) is 1.21. The van der Waals surface area contributed by atoms with Crippen LogP contribution < -0.4 is 5.73 Å². The topological polar surface area (TPSA) is 53.7 Å². The summed E-state index contributed by atoms with van der Waals surface area (Å²) >= 11 is 0. The smallest absolute Gasteiger partial charge is 0.166 e. The predicted octanol–water partition coefficient (Wildman–Crippen LogP) is 0.403. The molecule has 1 aliphatic rings. The van der Waals surface area contributed by atoms with Gasteiger partial charge in [0.1, 0.15) is 11.9 Å². The lowest BCUT2D eigenvalue weighted by molar-refractivity contribution is -0.0643. The van der Waals surface area contributed by atoms with E-state index < -0.39 is 5.72 Å². The molecule has 0 amide bonds. The van der Waals surface area contributed by atoms with Crippen molar-refractivity contribution in [2.45, 2.75) is 11.8 Å². The van der Waals surface area contributed by atoms with E-state index in [0.717, 1.165) is 5.76 Å².